The number of aliphatic carboxylic acids is 1. The summed E-state index contributed by atoms with van der Waals surface area (Å²) in [7, 11) is 1.45. The molecule has 0 saturated heterocycles. The molecule has 7 nitrogen and oxygen atoms in total. The van der Waals surface area contributed by atoms with E-state index in [0.29, 0.717) is 35.5 Å². The Morgan fingerprint density at radius 3 is 2.64 bits per heavy atom. The van der Waals surface area contributed by atoms with Gasteiger partial charge in [-0.1, -0.05) is 19.1 Å². The van der Waals surface area contributed by atoms with E-state index in [9.17, 15) is 14.3 Å². The Kier molecular flexibility index (Phi) is 6.32. The van der Waals surface area contributed by atoms with Crippen LogP contribution in [0.15, 0.2) is 30.6 Å². The van der Waals surface area contributed by atoms with Gasteiger partial charge in [-0.25, -0.2) is 13.8 Å². The number of aromatic nitrogens is 3. The van der Waals surface area contributed by atoms with Crippen LogP contribution in [0.4, 0.5) is 8.78 Å². The van der Waals surface area contributed by atoms with Crippen LogP contribution in [0.3, 0.4) is 0 Å². The first-order valence-electron chi connectivity index (χ1n) is 12.0. The third-order valence-corrected chi connectivity index (χ3v) is 7.15. The van der Waals surface area contributed by atoms with E-state index in [1.54, 1.807) is 19.9 Å². The number of halogens is 2. The van der Waals surface area contributed by atoms with Crippen molar-refractivity contribution in [3.8, 4) is 22.9 Å². The minimum atomic E-state index is -0.933. The summed E-state index contributed by atoms with van der Waals surface area (Å²) < 4.78 is 41.4. The van der Waals surface area contributed by atoms with E-state index in [0.717, 1.165) is 24.6 Å². The maximum Gasteiger partial charge on any atom is 0.306 e. The number of carbonyl (C=O) groups is 1. The quantitative estimate of drug-likeness (QED) is 0.468. The minimum Gasteiger partial charge on any atom is -0.481 e. The van der Waals surface area contributed by atoms with Crippen molar-refractivity contribution >= 4 is 5.97 Å². The molecule has 1 aliphatic heterocycles. The summed E-state index contributed by atoms with van der Waals surface area (Å²) in [5, 5.41) is 9.58. The lowest BCUT2D eigenvalue weighted by atomic mass is 9.82. The SMILES string of the molecule is COc1cc(-c2ncc(C3CCc4ccc([C@H](C5CC5)[C@H](C)C(=O)O)c(F)c4O3)nc2C)c(F)cn1. The van der Waals surface area contributed by atoms with E-state index >= 15 is 4.39 Å². The van der Waals surface area contributed by atoms with Crippen molar-refractivity contribution in [1.29, 1.82) is 0 Å². The molecule has 2 aliphatic rings. The van der Waals surface area contributed by atoms with Crippen LogP contribution < -0.4 is 9.47 Å². The fourth-order valence-electron chi connectivity index (χ4n) is 5.06. The summed E-state index contributed by atoms with van der Waals surface area (Å²) in [4.78, 5) is 24.6. The number of ether oxygens (including phenoxy) is 2. The maximum absolute atomic E-state index is 15.8. The monoisotopic (exact) mass is 495 g/mol. The van der Waals surface area contributed by atoms with Crippen LogP contribution >= 0.6 is 0 Å². The van der Waals surface area contributed by atoms with Crippen LogP contribution in [0.25, 0.3) is 11.3 Å². The van der Waals surface area contributed by atoms with Crippen LogP contribution in [-0.4, -0.2) is 33.1 Å². The Hall–Kier alpha value is -3.62. The van der Waals surface area contributed by atoms with Crippen molar-refractivity contribution in [2.45, 2.75) is 51.6 Å². The number of hydrogen-bond acceptors (Lipinski definition) is 6. The second-order valence-corrected chi connectivity index (χ2v) is 9.53. The molecule has 3 aromatic rings. The third-order valence-electron chi connectivity index (χ3n) is 7.15. The predicted octanol–water partition coefficient (Wildman–Crippen LogP) is 5.41. The number of methoxy groups -OCH3 is 1. The lowest BCUT2D eigenvalue weighted by Gasteiger charge is -2.29. The van der Waals surface area contributed by atoms with E-state index in [1.807, 2.05) is 6.07 Å². The zero-order chi connectivity index (χ0) is 25.6. The topological polar surface area (TPSA) is 94.4 Å². The number of benzene rings is 1. The Morgan fingerprint density at radius 2 is 1.97 bits per heavy atom. The van der Waals surface area contributed by atoms with E-state index in [2.05, 4.69) is 15.0 Å². The van der Waals surface area contributed by atoms with Gasteiger partial charge in [-0.3, -0.25) is 14.8 Å². The third kappa shape index (κ3) is 4.38. The highest BCUT2D eigenvalue weighted by Crippen LogP contribution is 2.49. The van der Waals surface area contributed by atoms with Gasteiger partial charge in [-0.15, -0.1) is 0 Å². The molecule has 188 valence electrons. The van der Waals surface area contributed by atoms with Crippen LogP contribution in [0, 0.1) is 30.4 Å². The van der Waals surface area contributed by atoms with Crippen LogP contribution in [0.1, 0.15) is 60.7 Å². The van der Waals surface area contributed by atoms with Crippen LogP contribution in [0.5, 0.6) is 11.6 Å². The molecule has 0 spiro atoms. The van der Waals surface area contributed by atoms with Crippen molar-refractivity contribution < 1.29 is 28.2 Å². The maximum atomic E-state index is 15.8. The van der Waals surface area contributed by atoms with Gasteiger partial charge in [0.2, 0.25) is 5.88 Å². The smallest absolute Gasteiger partial charge is 0.306 e. The number of pyridine rings is 1. The molecule has 1 aromatic carbocycles. The molecule has 5 rings (SSSR count). The summed E-state index contributed by atoms with van der Waals surface area (Å²) in [6.07, 6.45) is 5.01. The molecule has 0 radical (unpaired) electrons. The zero-order valence-corrected chi connectivity index (χ0v) is 20.3. The number of carboxylic acid groups (broad SMARTS) is 1. The Labute approximate surface area is 207 Å². The molecule has 1 fully saturated rings. The van der Waals surface area contributed by atoms with Gasteiger partial charge in [0.25, 0.3) is 0 Å². The Morgan fingerprint density at radius 1 is 1.19 bits per heavy atom. The van der Waals surface area contributed by atoms with Gasteiger partial charge in [0.05, 0.1) is 42.5 Å². The molecule has 9 heteroatoms. The van der Waals surface area contributed by atoms with Crippen molar-refractivity contribution in [2.24, 2.45) is 11.8 Å². The molecule has 1 unspecified atom stereocenters. The summed E-state index contributed by atoms with van der Waals surface area (Å²) in [6, 6.07) is 5.02. The molecule has 0 bridgehead atoms. The molecular weight excluding hydrogens is 468 g/mol. The summed E-state index contributed by atoms with van der Waals surface area (Å²) >= 11 is 0. The first-order chi connectivity index (χ1) is 17.3. The van der Waals surface area contributed by atoms with Gasteiger partial charge < -0.3 is 14.6 Å². The number of aryl methyl sites for hydroxylation is 2. The number of rotatable bonds is 7. The fraction of sp³-hybridized carbons (Fsp3) is 0.407. The first-order valence-corrected chi connectivity index (χ1v) is 12.0. The Balaban J connectivity index is 1.44. The molecule has 2 aromatic heterocycles. The number of nitrogens with zero attached hydrogens (tertiary/aromatic N) is 3. The molecule has 1 aliphatic carbocycles. The normalized spacial score (nSPS) is 18.6. The fourth-order valence-corrected chi connectivity index (χ4v) is 5.06. The number of carboxylic acids is 1. The number of fused-ring (bicyclic) bond motifs is 1. The van der Waals surface area contributed by atoms with E-state index in [-0.39, 0.29) is 23.1 Å². The van der Waals surface area contributed by atoms with Gasteiger partial charge >= 0.3 is 5.97 Å². The largest absolute Gasteiger partial charge is 0.481 e. The Bertz CT molecular complexity index is 1330. The van der Waals surface area contributed by atoms with E-state index < -0.39 is 35.5 Å². The molecular formula is C27H27F2N3O4. The van der Waals surface area contributed by atoms with E-state index in [1.165, 1.54) is 19.4 Å². The van der Waals surface area contributed by atoms with Gasteiger partial charge in [0.15, 0.2) is 17.4 Å². The minimum absolute atomic E-state index is 0.153. The number of hydrogen-bond donors (Lipinski definition) is 1. The summed E-state index contributed by atoms with van der Waals surface area (Å²) in [6.45, 7) is 3.36. The standard InChI is InChI=1S/C27H27F2N3O4/c1-13(27(33)34)23(15-4-5-15)17-8-6-16-7-9-21(36-26(16)24(17)29)20-12-31-25(14(2)32-20)18-10-22(35-3)30-11-19(18)28/h6,8,10-13,15,21,23H,4-5,7,9H2,1-3H3,(H,33,34)/t13-,21?,23-/m0/s1. The van der Waals surface area contributed by atoms with Gasteiger partial charge in [-0.05, 0) is 49.7 Å². The van der Waals surface area contributed by atoms with Crippen LogP contribution in [-0.2, 0) is 11.2 Å². The lowest BCUT2D eigenvalue weighted by Crippen LogP contribution is -2.23. The lowest BCUT2D eigenvalue weighted by molar-refractivity contribution is -0.142. The van der Waals surface area contributed by atoms with Gasteiger partial charge in [0, 0.05) is 17.5 Å². The highest BCUT2D eigenvalue weighted by atomic mass is 19.1. The molecule has 1 saturated carbocycles. The molecule has 1 N–H and O–H groups in total. The van der Waals surface area contributed by atoms with Crippen molar-refractivity contribution in [2.75, 3.05) is 7.11 Å². The van der Waals surface area contributed by atoms with Gasteiger partial charge in [-0.2, -0.15) is 0 Å². The second kappa shape index (κ2) is 9.44. The van der Waals surface area contributed by atoms with Crippen molar-refractivity contribution in [3.63, 3.8) is 0 Å². The van der Waals surface area contributed by atoms with Crippen molar-refractivity contribution in [3.05, 3.63) is 64.7 Å². The highest BCUT2D eigenvalue weighted by Gasteiger charge is 2.41. The van der Waals surface area contributed by atoms with Crippen molar-refractivity contribution in [1.82, 2.24) is 15.0 Å². The van der Waals surface area contributed by atoms with E-state index in [4.69, 9.17) is 9.47 Å². The average Bonchev–Trinajstić information content (AvgIpc) is 3.71. The molecule has 0 amide bonds. The molecule has 36 heavy (non-hydrogen) atoms. The van der Waals surface area contributed by atoms with Gasteiger partial charge in [0.1, 0.15) is 6.10 Å². The average molecular weight is 496 g/mol. The summed E-state index contributed by atoms with van der Waals surface area (Å²) in [5.74, 6) is -2.48. The molecule has 3 heterocycles. The second-order valence-electron chi connectivity index (χ2n) is 9.53. The first kappa shape index (κ1) is 24.1. The molecule has 3 atom stereocenters. The highest BCUT2D eigenvalue weighted by molar-refractivity contribution is 5.71. The van der Waals surface area contributed by atoms with Crippen LogP contribution in [0.2, 0.25) is 0 Å². The zero-order valence-electron chi connectivity index (χ0n) is 20.3. The summed E-state index contributed by atoms with van der Waals surface area (Å²) in [5.41, 5.74) is 2.74. The predicted molar refractivity (Wildman–Crippen MR) is 127 cm³/mol.